The molecule has 7 heteroatoms. The van der Waals surface area contributed by atoms with Crippen LogP contribution >= 0.6 is 0 Å². The molecule has 3 rings (SSSR count). The van der Waals surface area contributed by atoms with Crippen molar-refractivity contribution in [1.82, 2.24) is 19.8 Å². The highest BCUT2D eigenvalue weighted by Crippen LogP contribution is 2.27. The molecule has 2 aliphatic heterocycles. The third-order valence-electron chi connectivity index (χ3n) is 3.85. The van der Waals surface area contributed by atoms with Crippen LogP contribution in [0.1, 0.15) is 25.7 Å². The van der Waals surface area contributed by atoms with Crippen LogP contribution in [0.15, 0.2) is 17.3 Å². The topological polar surface area (TPSA) is 76.0 Å². The Morgan fingerprint density at radius 3 is 2.61 bits per heavy atom. The van der Waals surface area contributed by atoms with E-state index in [4.69, 9.17) is 0 Å². The lowest BCUT2D eigenvalue weighted by Crippen LogP contribution is -2.48. The van der Waals surface area contributed by atoms with Crippen LogP contribution in [-0.4, -0.2) is 36.3 Å². The number of piperidine rings is 1. The van der Waals surface area contributed by atoms with Crippen LogP contribution in [0.3, 0.4) is 0 Å². The van der Waals surface area contributed by atoms with Crippen LogP contribution in [0.4, 0.5) is 0 Å². The minimum Gasteiger partial charge on any atom is -0.311 e. The zero-order chi connectivity index (χ0) is 12.8. The molecule has 2 bridgehead atoms. The standard InChI is InChI=1S/C11H18N4O2S/c1-15-11(4-5-12-15)18(16,17)14-10-6-8-2-3-9(7-10)13-8/h4-5,8-10,13-14H,2-3,6-7H2,1H3. The van der Waals surface area contributed by atoms with E-state index < -0.39 is 10.0 Å². The number of aromatic nitrogens is 2. The number of aryl methyl sites for hydroxylation is 1. The summed E-state index contributed by atoms with van der Waals surface area (Å²) < 4.78 is 28.6. The van der Waals surface area contributed by atoms with Crippen molar-refractivity contribution >= 4 is 10.0 Å². The Bertz CT molecular complexity index is 527. The lowest BCUT2D eigenvalue weighted by molar-refractivity contribution is 0.344. The summed E-state index contributed by atoms with van der Waals surface area (Å²) in [7, 11) is -1.80. The van der Waals surface area contributed by atoms with Crippen molar-refractivity contribution < 1.29 is 8.42 Å². The molecule has 0 spiro atoms. The van der Waals surface area contributed by atoms with E-state index in [0.29, 0.717) is 12.1 Å². The van der Waals surface area contributed by atoms with E-state index in [0.717, 1.165) is 25.7 Å². The predicted molar refractivity (Wildman–Crippen MR) is 66.5 cm³/mol. The Morgan fingerprint density at radius 1 is 1.39 bits per heavy atom. The van der Waals surface area contributed by atoms with Crippen LogP contribution in [0.2, 0.25) is 0 Å². The molecular weight excluding hydrogens is 252 g/mol. The van der Waals surface area contributed by atoms with Crippen LogP contribution in [0.5, 0.6) is 0 Å². The molecule has 0 saturated carbocycles. The fraction of sp³-hybridized carbons (Fsp3) is 0.727. The van der Waals surface area contributed by atoms with E-state index in [-0.39, 0.29) is 11.1 Å². The van der Waals surface area contributed by atoms with Gasteiger partial charge in [0.05, 0.1) is 6.20 Å². The number of hydrogen-bond acceptors (Lipinski definition) is 4. The van der Waals surface area contributed by atoms with Crippen molar-refractivity contribution in [2.45, 2.75) is 48.8 Å². The van der Waals surface area contributed by atoms with Gasteiger partial charge in [0.15, 0.2) is 5.03 Å². The first-order chi connectivity index (χ1) is 8.54. The molecule has 0 amide bonds. The van der Waals surface area contributed by atoms with Gasteiger partial charge in [-0.3, -0.25) is 4.68 Å². The minimum absolute atomic E-state index is 0.0450. The van der Waals surface area contributed by atoms with Gasteiger partial charge in [-0.15, -0.1) is 0 Å². The van der Waals surface area contributed by atoms with Gasteiger partial charge in [0, 0.05) is 25.2 Å². The number of rotatable bonds is 3. The zero-order valence-corrected chi connectivity index (χ0v) is 11.2. The smallest absolute Gasteiger partial charge is 0.257 e. The van der Waals surface area contributed by atoms with Gasteiger partial charge in [0.25, 0.3) is 10.0 Å². The normalized spacial score (nSPS) is 31.7. The molecule has 1 aromatic rings. The molecule has 0 aliphatic carbocycles. The number of nitrogens with zero attached hydrogens (tertiary/aromatic N) is 2. The van der Waals surface area contributed by atoms with Gasteiger partial charge in [0.2, 0.25) is 0 Å². The zero-order valence-electron chi connectivity index (χ0n) is 10.3. The fourth-order valence-electron chi connectivity index (χ4n) is 3.06. The molecule has 6 nitrogen and oxygen atoms in total. The van der Waals surface area contributed by atoms with Crippen molar-refractivity contribution in [3.8, 4) is 0 Å². The first kappa shape index (κ1) is 12.1. The molecule has 2 aliphatic rings. The highest BCUT2D eigenvalue weighted by Gasteiger charge is 2.35. The molecule has 2 atom stereocenters. The Balaban J connectivity index is 1.75. The van der Waals surface area contributed by atoms with Crippen LogP contribution < -0.4 is 10.0 Å². The molecule has 18 heavy (non-hydrogen) atoms. The monoisotopic (exact) mass is 270 g/mol. The lowest BCUT2D eigenvalue weighted by atomic mass is 10.0. The maximum atomic E-state index is 12.2. The minimum atomic E-state index is -3.44. The molecule has 2 N–H and O–H groups in total. The van der Waals surface area contributed by atoms with E-state index in [1.54, 1.807) is 7.05 Å². The maximum absolute atomic E-state index is 12.2. The summed E-state index contributed by atoms with van der Waals surface area (Å²) in [5, 5.41) is 7.63. The summed E-state index contributed by atoms with van der Waals surface area (Å²) in [6, 6.07) is 2.52. The van der Waals surface area contributed by atoms with Crippen molar-refractivity contribution in [3.63, 3.8) is 0 Å². The fourth-order valence-corrected chi connectivity index (χ4v) is 4.45. The van der Waals surface area contributed by atoms with E-state index in [1.165, 1.54) is 16.9 Å². The Labute approximate surface area is 107 Å². The van der Waals surface area contributed by atoms with Gasteiger partial charge >= 0.3 is 0 Å². The molecule has 100 valence electrons. The summed E-state index contributed by atoms with van der Waals surface area (Å²) in [6.45, 7) is 0. The van der Waals surface area contributed by atoms with Crippen molar-refractivity contribution in [2.24, 2.45) is 7.05 Å². The molecule has 2 saturated heterocycles. The van der Waals surface area contributed by atoms with E-state index in [1.807, 2.05) is 0 Å². The van der Waals surface area contributed by atoms with Crippen molar-refractivity contribution in [2.75, 3.05) is 0 Å². The summed E-state index contributed by atoms with van der Waals surface area (Å²) >= 11 is 0. The largest absolute Gasteiger partial charge is 0.311 e. The molecular formula is C11H18N4O2S. The second kappa shape index (κ2) is 4.32. The quantitative estimate of drug-likeness (QED) is 0.809. The third kappa shape index (κ3) is 2.17. The Kier molecular flexibility index (Phi) is 2.91. The Morgan fingerprint density at radius 2 is 2.06 bits per heavy atom. The summed E-state index contributed by atoms with van der Waals surface area (Å²) in [6.07, 6.45) is 5.59. The van der Waals surface area contributed by atoms with Gasteiger partial charge in [-0.2, -0.15) is 5.10 Å². The molecule has 2 unspecified atom stereocenters. The van der Waals surface area contributed by atoms with Crippen molar-refractivity contribution in [3.05, 3.63) is 12.3 Å². The van der Waals surface area contributed by atoms with E-state index in [2.05, 4.69) is 15.1 Å². The number of fused-ring (bicyclic) bond motifs is 2. The average Bonchev–Trinajstić information content (AvgIpc) is 2.85. The summed E-state index contributed by atoms with van der Waals surface area (Å²) in [4.78, 5) is 0. The van der Waals surface area contributed by atoms with Crippen LogP contribution in [-0.2, 0) is 17.1 Å². The molecule has 3 heterocycles. The van der Waals surface area contributed by atoms with Gasteiger partial charge in [-0.1, -0.05) is 0 Å². The number of hydrogen-bond donors (Lipinski definition) is 2. The van der Waals surface area contributed by atoms with Gasteiger partial charge in [0.1, 0.15) is 0 Å². The first-order valence-corrected chi connectivity index (χ1v) is 7.79. The molecule has 2 fully saturated rings. The molecule has 1 aromatic heterocycles. The Hall–Kier alpha value is -0.920. The first-order valence-electron chi connectivity index (χ1n) is 6.31. The molecule has 0 radical (unpaired) electrons. The molecule has 0 aromatic carbocycles. The maximum Gasteiger partial charge on any atom is 0.257 e. The van der Waals surface area contributed by atoms with Gasteiger partial charge in [-0.05, 0) is 31.7 Å². The second-order valence-corrected chi connectivity index (χ2v) is 6.88. The SMILES string of the molecule is Cn1nccc1S(=O)(=O)NC1CC2CCC(C1)N2. The summed E-state index contributed by atoms with van der Waals surface area (Å²) in [5.74, 6) is 0. The lowest BCUT2D eigenvalue weighted by Gasteiger charge is -2.29. The van der Waals surface area contributed by atoms with Crippen molar-refractivity contribution in [1.29, 1.82) is 0 Å². The third-order valence-corrected chi connectivity index (χ3v) is 5.44. The number of nitrogens with one attached hydrogen (secondary N) is 2. The predicted octanol–water partition coefficient (Wildman–Crippen LogP) is -0.0186. The number of sulfonamides is 1. The van der Waals surface area contributed by atoms with Crippen LogP contribution in [0.25, 0.3) is 0 Å². The van der Waals surface area contributed by atoms with Gasteiger partial charge in [-0.25, -0.2) is 13.1 Å². The highest BCUT2D eigenvalue weighted by molar-refractivity contribution is 7.89. The van der Waals surface area contributed by atoms with Crippen LogP contribution in [0, 0.1) is 0 Å². The van der Waals surface area contributed by atoms with E-state index in [9.17, 15) is 8.42 Å². The summed E-state index contributed by atoms with van der Waals surface area (Å²) in [5.41, 5.74) is 0. The highest BCUT2D eigenvalue weighted by atomic mass is 32.2. The average molecular weight is 270 g/mol. The van der Waals surface area contributed by atoms with E-state index >= 15 is 0 Å². The van der Waals surface area contributed by atoms with Gasteiger partial charge < -0.3 is 5.32 Å². The second-order valence-electron chi connectivity index (χ2n) is 5.22.